The Bertz CT molecular complexity index is 2140. The number of hydrogen-bond donors (Lipinski definition) is 0. The van der Waals surface area contributed by atoms with E-state index in [-0.39, 0.29) is 11.3 Å². The van der Waals surface area contributed by atoms with Crippen molar-refractivity contribution in [2.75, 3.05) is 11.5 Å². The second kappa shape index (κ2) is 11.9. The van der Waals surface area contributed by atoms with Gasteiger partial charge in [-0.2, -0.15) is 0 Å². The van der Waals surface area contributed by atoms with Crippen molar-refractivity contribution in [3.05, 3.63) is 155 Å². The van der Waals surface area contributed by atoms with Gasteiger partial charge in [0.1, 0.15) is 0 Å². The molecule has 46 heavy (non-hydrogen) atoms. The van der Waals surface area contributed by atoms with Gasteiger partial charge in [0.05, 0.1) is 38.6 Å². The van der Waals surface area contributed by atoms with E-state index in [1.54, 1.807) is 84.9 Å². The molecule has 0 fully saturated rings. The Morgan fingerprint density at radius 1 is 0.674 bits per heavy atom. The second-order valence-electron chi connectivity index (χ2n) is 10.7. The minimum absolute atomic E-state index is 0.194. The molecule has 6 aromatic rings. The van der Waals surface area contributed by atoms with E-state index in [1.807, 2.05) is 42.5 Å². The number of benzene rings is 5. The van der Waals surface area contributed by atoms with Gasteiger partial charge in [0.2, 0.25) is 0 Å². The number of ketones is 1. The lowest BCUT2D eigenvalue weighted by Gasteiger charge is -2.15. The Balaban J connectivity index is 1.13. The number of amides is 2. The van der Waals surface area contributed by atoms with Crippen LogP contribution in [0.15, 0.2) is 127 Å². The van der Waals surface area contributed by atoms with Gasteiger partial charge in [-0.3, -0.25) is 14.4 Å². The van der Waals surface area contributed by atoms with Crippen LogP contribution in [-0.4, -0.2) is 35.2 Å². The smallest absolute Gasteiger partial charge is 0.339 e. The Labute approximate surface area is 268 Å². The first-order valence-electron chi connectivity index (χ1n) is 14.4. The molecule has 1 aliphatic heterocycles. The van der Waals surface area contributed by atoms with Crippen molar-refractivity contribution in [1.29, 1.82) is 0 Å². The summed E-state index contributed by atoms with van der Waals surface area (Å²) in [7, 11) is 0. The van der Waals surface area contributed by atoms with Crippen LogP contribution in [0.4, 0.5) is 5.69 Å². The normalized spacial score (nSPS) is 12.3. The lowest BCUT2D eigenvalue weighted by Crippen LogP contribution is -2.29. The summed E-state index contributed by atoms with van der Waals surface area (Å²) < 4.78 is 5.50. The molecule has 222 valence electrons. The Kier molecular flexibility index (Phi) is 7.44. The number of rotatable bonds is 7. The Hall–Kier alpha value is -5.92. The van der Waals surface area contributed by atoms with Gasteiger partial charge in [0, 0.05) is 16.5 Å². The summed E-state index contributed by atoms with van der Waals surface area (Å²) in [5.41, 5.74) is 5.16. The van der Waals surface area contributed by atoms with Crippen molar-refractivity contribution >= 4 is 51.8 Å². The molecule has 0 spiro atoms. The Morgan fingerprint density at radius 3 is 1.96 bits per heavy atom. The van der Waals surface area contributed by atoms with Gasteiger partial charge in [-0.15, -0.1) is 0 Å². The van der Waals surface area contributed by atoms with Gasteiger partial charge >= 0.3 is 5.97 Å². The van der Waals surface area contributed by atoms with Crippen LogP contribution in [-0.2, 0) is 4.74 Å². The van der Waals surface area contributed by atoms with E-state index < -0.39 is 24.4 Å². The number of aromatic nitrogens is 1. The third-order valence-corrected chi connectivity index (χ3v) is 8.18. The average molecular weight is 623 g/mol. The fourth-order valence-electron chi connectivity index (χ4n) is 5.51. The fraction of sp³-hybridized carbons (Fsp3) is 0.0263. The number of carbonyl (C=O) groups excluding carboxylic acids is 4. The van der Waals surface area contributed by atoms with Gasteiger partial charge in [-0.05, 0) is 47.5 Å². The minimum atomic E-state index is -0.701. The van der Waals surface area contributed by atoms with Crippen LogP contribution in [0.5, 0.6) is 0 Å². The van der Waals surface area contributed by atoms with Crippen LogP contribution in [0.25, 0.3) is 33.3 Å². The highest BCUT2D eigenvalue weighted by Crippen LogP contribution is 2.33. The van der Waals surface area contributed by atoms with Gasteiger partial charge in [0.15, 0.2) is 12.4 Å². The summed E-state index contributed by atoms with van der Waals surface area (Å²) in [6.07, 6.45) is 0. The van der Waals surface area contributed by atoms with Crippen LogP contribution in [0.1, 0.15) is 41.4 Å². The van der Waals surface area contributed by atoms with E-state index in [0.29, 0.717) is 49.6 Å². The standard InChI is InChI=1S/C38H23ClN2O5/c39-32-12-6-11-28-31(38(45)46-22-34(42)26-15-13-24(14-16-26)23-7-2-1-3-8-23)21-33(40-35(28)32)25-17-19-27(20-18-25)41-36(43)29-9-4-5-10-30(29)37(41)44/h1-21H,22H2. The third-order valence-electron chi connectivity index (χ3n) is 7.87. The van der Waals surface area contributed by atoms with Gasteiger partial charge in [-0.1, -0.05) is 103 Å². The zero-order valence-electron chi connectivity index (χ0n) is 24.1. The molecule has 0 N–H and O–H groups in total. The molecule has 1 aliphatic rings. The van der Waals surface area contributed by atoms with Crippen LogP contribution in [0.2, 0.25) is 5.02 Å². The van der Waals surface area contributed by atoms with Gasteiger partial charge < -0.3 is 4.74 Å². The van der Waals surface area contributed by atoms with Crippen molar-refractivity contribution in [2.24, 2.45) is 0 Å². The molecule has 0 saturated carbocycles. The van der Waals surface area contributed by atoms with Gasteiger partial charge in [0.25, 0.3) is 11.8 Å². The maximum atomic E-state index is 13.4. The molecule has 2 amide bonds. The maximum Gasteiger partial charge on any atom is 0.339 e. The largest absolute Gasteiger partial charge is 0.454 e. The monoisotopic (exact) mass is 622 g/mol. The van der Waals surface area contributed by atoms with E-state index in [1.165, 1.54) is 0 Å². The molecular weight excluding hydrogens is 600 g/mol. The maximum absolute atomic E-state index is 13.4. The number of anilines is 1. The summed E-state index contributed by atoms with van der Waals surface area (Å²) in [6, 6.07) is 37.0. The molecule has 7 rings (SSSR count). The molecule has 5 aromatic carbocycles. The molecule has 0 radical (unpaired) electrons. The van der Waals surface area contributed by atoms with E-state index in [0.717, 1.165) is 16.0 Å². The summed E-state index contributed by atoms with van der Waals surface area (Å²) in [5.74, 6) is -1.83. The summed E-state index contributed by atoms with van der Waals surface area (Å²) in [6.45, 7) is -0.446. The van der Waals surface area contributed by atoms with E-state index in [2.05, 4.69) is 0 Å². The summed E-state index contributed by atoms with van der Waals surface area (Å²) in [5, 5.41) is 0.814. The number of imide groups is 1. The first kappa shape index (κ1) is 28.8. The van der Waals surface area contributed by atoms with Crippen molar-refractivity contribution in [3.8, 4) is 22.4 Å². The number of esters is 1. The molecule has 8 heteroatoms. The average Bonchev–Trinajstić information content (AvgIpc) is 3.36. The van der Waals surface area contributed by atoms with Crippen LogP contribution in [0.3, 0.4) is 0 Å². The highest BCUT2D eigenvalue weighted by molar-refractivity contribution is 6.35. The zero-order valence-corrected chi connectivity index (χ0v) is 24.9. The first-order valence-corrected chi connectivity index (χ1v) is 14.8. The number of ether oxygens (including phenoxy) is 1. The van der Waals surface area contributed by atoms with Gasteiger partial charge in [-0.25, -0.2) is 14.7 Å². The van der Waals surface area contributed by atoms with Crippen LogP contribution >= 0.6 is 11.6 Å². The zero-order chi connectivity index (χ0) is 31.8. The predicted molar refractivity (Wildman–Crippen MR) is 176 cm³/mol. The van der Waals surface area contributed by atoms with Crippen LogP contribution < -0.4 is 4.90 Å². The second-order valence-corrected chi connectivity index (χ2v) is 11.1. The molecule has 7 nitrogen and oxygen atoms in total. The summed E-state index contributed by atoms with van der Waals surface area (Å²) >= 11 is 6.49. The fourth-order valence-corrected chi connectivity index (χ4v) is 5.72. The number of pyridine rings is 1. The van der Waals surface area contributed by atoms with E-state index in [4.69, 9.17) is 21.3 Å². The van der Waals surface area contributed by atoms with E-state index >= 15 is 0 Å². The number of Topliss-reactive ketones (excluding diaryl/α,β-unsaturated/α-hetero) is 1. The molecular formula is C38H23ClN2O5. The SMILES string of the molecule is O=C(COC(=O)c1cc(-c2ccc(N3C(=O)c4ccccc4C3=O)cc2)nc2c(Cl)cccc12)c1ccc(-c2ccccc2)cc1. The van der Waals surface area contributed by atoms with Crippen molar-refractivity contribution in [2.45, 2.75) is 0 Å². The molecule has 1 aromatic heterocycles. The number of carbonyl (C=O) groups is 4. The Morgan fingerprint density at radius 2 is 1.28 bits per heavy atom. The van der Waals surface area contributed by atoms with Crippen molar-refractivity contribution in [1.82, 2.24) is 4.98 Å². The predicted octanol–water partition coefficient (Wildman–Crippen LogP) is 8.06. The van der Waals surface area contributed by atoms with Crippen molar-refractivity contribution < 1.29 is 23.9 Å². The topological polar surface area (TPSA) is 93.6 Å². The van der Waals surface area contributed by atoms with Crippen molar-refractivity contribution in [3.63, 3.8) is 0 Å². The molecule has 0 atom stereocenters. The lowest BCUT2D eigenvalue weighted by atomic mass is 10.0. The molecule has 0 unspecified atom stereocenters. The number of para-hydroxylation sites is 1. The summed E-state index contributed by atoms with van der Waals surface area (Å²) in [4.78, 5) is 58.1. The van der Waals surface area contributed by atoms with E-state index in [9.17, 15) is 19.2 Å². The number of hydrogen-bond acceptors (Lipinski definition) is 6. The number of nitrogens with zero attached hydrogens (tertiary/aromatic N) is 2. The first-order chi connectivity index (χ1) is 22.4. The third kappa shape index (κ3) is 5.23. The molecule has 0 saturated heterocycles. The highest BCUT2D eigenvalue weighted by atomic mass is 35.5. The molecule has 0 aliphatic carbocycles. The number of halogens is 1. The van der Waals surface area contributed by atoms with Crippen LogP contribution in [0, 0.1) is 0 Å². The molecule has 2 heterocycles. The number of fused-ring (bicyclic) bond motifs is 2. The highest BCUT2D eigenvalue weighted by Gasteiger charge is 2.36. The lowest BCUT2D eigenvalue weighted by molar-refractivity contribution is 0.0476. The quantitative estimate of drug-likeness (QED) is 0.102. The molecule has 0 bridgehead atoms. The minimum Gasteiger partial charge on any atom is -0.454 e.